The summed E-state index contributed by atoms with van der Waals surface area (Å²) < 4.78 is 30.8. The van der Waals surface area contributed by atoms with Gasteiger partial charge in [0.1, 0.15) is 0 Å². The van der Waals surface area contributed by atoms with Crippen LogP contribution in [0.1, 0.15) is 44.6 Å². The number of hydrogen-bond acceptors (Lipinski definition) is 5. The van der Waals surface area contributed by atoms with Gasteiger partial charge in [0, 0.05) is 40.1 Å². The lowest BCUT2D eigenvalue weighted by atomic mass is 10.1. The van der Waals surface area contributed by atoms with Crippen LogP contribution in [0.3, 0.4) is 0 Å². The molecule has 3 heterocycles. The van der Waals surface area contributed by atoms with Gasteiger partial charge in [-0.2, -0.15) is 0 Å². The summed E-state index contributed by atoms with van der Waals surface area (Å²) in [6.45, 7) is 3.28. The summed E-state index contributed by atoms with van der Waals surface area (Å²) in [6, 6.07) is 8.94. The number of aromatic nitrogens is 2. The van der Waals surface area contributed by atoms with Crippen molar-refractivity contribution >= 4 is 32.5 Å². The number of nitrogens with zero attached hydrogens (tertiary/aromatic N) is 1. The highest BCUT2D eigenvalue weighted by Gasteiger charge is 2.31. The second-order valence-electron chi connectivity index (χ2n) is 7.46. The first kappa shape index (κ1) is 19.4. The summed E-state index contributed by atoms with van der Waals surface area (Å²) in [5.41, 5.74) is 3.20. The largest absolute Gasteiger partial charge is 0.454 e. The van der Waals surface area contributed by atoms with E-state index in [9.17, 15) is 18.0 Å². The topological polar surface area (TPSA) is 98.2 Å². The Kier molecular flexibility index (Phi) is 4.82. The molecule has 1 aromatic carbocycles. The van der Waals surface area contributed by atoms with Crippen molar-refractivity contribution in [3.63, 3.8) is 0 Å². The number of ketones is 1. The smallest absolute Gasteiger partial charge is 0.340 e. The molecular weight excluding hydrogens is 392 g/mol. The van der Waals surface area contributed by atoms with E-state index in [1.165, 1.54) is 0 Å². The molecule has 1 saturated heterocycles. The fourth-order valence-corrected chi connectivity index (χ4v) is 5.83. The lowest BCUT2D eigenvalue weighted by molar-refractivity contribution is 0.0476. The predicted octanol–water partition coefficient (Wildman–Crippen LogP) is 2.99. The molecule has 1 aliphatic heterocycles. The van der Waals surface area contributed by atoms with Gasteiger partial charge in [0.2, 0.25) is 5.78 Å². The molecule has 0 radical (unpaired) electrons. The minimum Gasteiger partial charge on any atom is -0.454 e. The van der Waals surface area contributed by atoms with Crippen molar-refractivity contribution in [1.29, 1.82) is 0 Å². The van der Waals surface area contributed by atoms with Crippen LogP contribution in [0, 0.1) is 13.8 Å². The summed E-state index contributed by atoms with van der Waals surface area (Å²) in [7, 11) is -3.03. The number of carbonyl (C=O) groups excluding carboxylic acids is 2. The number of rotatable bonds is 5. The Morgan fingerprint density at radius 1 is 1.21 bits per heavy atom. The number of Topliss-reactive ketones (excluding diaryl/α,β-unsaturated/α-hetero) is 1. The molecule has 8 heteroatoms. The van der Waals surface area contributed by atoms with E-state index in [4.69, 9.17) is 4.74 Å². The molecule has 152 valence electrons. The first-order chi connectivity index (χ1) is 13.8. The van der Waals surface area contributed by atoms with Crippen molar-refractivity contribution in [2.45, 2.75) is 26.3 Å². The quantitative estimate of drug-likeness (QED) is 0.511. The molecule has 0 spiro atoms. The normalized spacial score (nSPS) is 18.2. The predicted molar refractivity (Wildman–Crippen MR) is 109 cm³/mol. The zero-order chi connectivity index (χ0) is 20.8. The molecule has 29 heavy (non-hydrogen) atoms. The van der Waals surface area contributed by atoms with Gasteiger partial charge in [0.05, 0.1) is 17.1 Å². The summed E-state index contributed by atoms with van der Waals surface area (Å²) in [6.07, 6.45) is 2.12. The standard InChI is InChI=1S/C21H22N2O5S/c1-13-9-17(14(2)23(13)15-7-8-29(26,27)12-15)20(24)11-28-21(25)18-10-22-19-6-4-3-5-16(18)19/h3-6,9-10,15,22H,7-8,11-12H2,1-2H3/t15-/m1/s1. The molecule has 7 nitrogen and oxygen atoms in total. The number of aryl methyl sites for hydroxylation is 1. The third-order valence-corrected chi connectivity index (χ3v) is 7.25. The maximum atomic E-state index is 12.7. The van der Waals surface area contributed by atoms with Gasteiger partial charge in [-0.3, -0.25) is 4.79 Å². The van der Waals surface area contributed by atoms with Gasteiger partial charge in [0.25, 0.3) is 0 Å². The number of benzene rings is 1. The number of nitrogens with one attached hydrogen (secondary N) is 1. The van der Waals surface area contributed by atoms with Gasteiger partial charge in [-0.1, -0.05) is 18.2 Å². The number of esters is 1. The van der Waals surface area contributed by atoms with Crippen molar-refractivity contribution in [1.82, 2.24) is 9.55 Å². The molecule has 4 rings (SSSR count). The number of para-hydroxylation sites is 1. The number of ether oxygens (including phenoxy) is 1. The SMILES string of the molecule is Cc1cc(C(=O)COC(=O)c2c[nH]c3ccccc23)c(C)n1[C@@H]1CCS(=O)(=O)C1. The number of H-pyrrole nitrogens is 1. The molecule has 0 unspecified atom stereocenters. The second-order valence-corrected chi connectivity index (χ2v) is 9.69. The Hall–Kier alpha value is -2.87. The van der Waals surface area contributed by atoms with Crippen LogP contribution in [0.5, 0.6) is 0 Å². The highest BCUT2D eigenvalue weighted by Crippen LogP contribution is 2.29. The Morgan fingerprint density at radius 3 is 2.69 bits per heavy atom. The highest BCUT2D eigenvalue weighted by atomic mass is 32.2. The van der Waals surface area contributed by atoms with Gasteiger partial charge in [-0.05, 0) is 32.4 Å². The van der Waals surface area contributed by atoms with E-state index in [0.29, 0.717) is 23.2 Å². The average Bonchev–Trinajstić information content (AvgIpc) is 3.34. The van der Waals surface area contributed by atoms with Gasteiger partial charge < -0.3 is 14.3 Å². The van der Waals surface area contributed by atoms with E-state index in [1.54, 1.807) is 19.2 Å². The molecule has 1 N–H and O–H groups in total. The Morgan fingerprint density at radius 2 is 1.97 bits per heavy atom. The summed E-state index contributed by atoms with van der Waals surface area (Å²) >= 11 is 0. The molecule has 0 bridgehead atoms. The highest BCUT2D eigenvalue weighted by molar-refractivity contribution is 7.91. The van der Waals surface area contributed by atoms with Crippen molar-refractivity contribution < 1.29 is 22.7 Å². The summed E-state index contributed by atoms with van der Waals surface area (Å²) in [5, 5.41) is 0.741. The fraction of sp³-hybridized carbons (Fsp3) is 0.333. The maximum absolute atomic E-state index is 12.7. The van der Waals surface area contributed by atoms with Crippen LogP contribution in [0.25, 0.3) is 10.9 Å². The third kappa shape index (κ3) is 3.60. The monoisotopic (exact) mass is 414 g/mol. The van der Waals surface area contributed by atoms with E-state index < -0.39 is 15.8 Å². The number of hydrogen-bond donors (Lipinski definition) is 1. The van der Waals surface area contributed by atoms with Crippen LogP contribution in [0.2, 0.25) is 0 Å². The first-order valence-electron chi connectivity index (χ1n) is 9.42. The molecule has 0 saturated carbocycles. The molecule has 1 atom stereocenters. The van der Waals surface area contributed by atoms with E-state index in [1.807, 2.05) is 35.8 Å². The summed E-state index contributed by atoms with van der Waals surface area (Å²) in [5.74, 6) is -0.614. The van der Waals surface area contributed by atoms with Crippen molar-refractivity contribution in [2.24, 2.45) is 0 Å². The molecule has 1 fully saturated rings. The molecular formula is C21H22N2O5S. The fourth-order valence-electron chi connectivity index (χ4n) is 4.13. The molecule has 0 aliphatic carbocycles. The van der Waals surface area contributed by atoms with Crippen LogP contribution in [0.4, 0.5) is 0 Å². The lowest BCUT2D eigenvalue weighted by Gasteiger charge is -2.16. The molecule has 0 amide bonds. The lowest BCUT2D eigenvalue weighted by Crippen LogP contribution is -2.17. The minimum atomic E-state index is -3.03. The van der Waals surface area contributed by atoms with Gasteiger partial charge >= 0.3 is 5.97 Å². The van der Waals surface area contributed by atoms with Gasteiger partial charge in [0.15, 0.2) is 16.4 Å². The Balaban J connectivity index is 1.49. The van der Waals surface area contributed by atoms with Gasteiger partial charge in [-0.25, -0.2) is 13.2 Å². The maximum Gasteiger partial charge on any atom is 0.340 e. The Labute approximate surface area is 168 Å². The van der Waals surface area contributed by atoms with E-state index in [-0.39, 0.29) is 29.9 Å². The molecule has 1 aliphatic rings. The zero-order valence-corrected chi connectivity index (χ0v) is 17.1. The number of carbonyl (C=O) groups is 2. The van der Waals surface area contributed by atoms with Crippen LogP contribution < -0.4 is 0 Å². The van der Waals surface area contributed by atoms with Crippen molar-refractivity contribution in [3.8, 4) is 0 Å². The summed E-state index contributed by atoms with van der Waals surface area (Å²) in [4.78, 5) is 28.1. The Bertz CT molecular complexity index is 1220. The number of aromatic amines is 1. The average molecular weight is 414 g/mol. The van der Waals surface area contributed by atoms with E-state index in [0.717, 1.165) is 16.6 Å². The van der Waals surface area contributed by atoms with Crippen molar-refractivity contribution in [2.75, 3.05) is 18.1 Å². The molecule has 3 aromatic rings. The van der Waals surface area contributed by atoms with Crippen LogP contribution in [-0.2, 0) is 14.6 Å². The number of fused-ring (bicyclic) bond motifs is 1. The van der Waals surface area contributed by atoms with Crippen LogP contribution >= 0.6 is 0 Å². The minimum absolute atomic E-state index is 0.0898. The zero-order valence-electron chi connectivity index (χ0n) is 16.3. The van der Waals surface area contributed by atoms with Gasteiger partial charge in [-0.15, -0.1) is 0 Å². The second kappa shape index (κ2) is 7.18. The molecule has 2 aromatic heterocycles. The number of sulfone groups is 1. The first-order valence-corrected chi connectivity index (χ1v) is 11.2. The van der Waals surface area contributed by atoms with Crippen LogP contribution in [-0.4, -0.2) is 47.8 Å². The van der Waals surface area contributed by atoms with Crippen molar-refractivity contribution in [3.05, 3.63) is 59.0 Å². The van der Waals surface area contributed by atoms with E-state index in [2.05, 4.69) is 4.98 Å². The third-order valence-electron chi connectivity index (χ3n) is 5.50. The van der Waals surface area contributed by atoms with Crippen LogP contribution in [0.15, 0.2) is 36.5 Å². The van der Waals surface area contributed by atoms with E-state index >= 15 is 0 Å².